The molecule has 1 N–H and O–H groups in total. The molecule has 7 heteroatoms. The van der Waals surface area contributed by atoms with Crippen molar-refractivity contribution in [1.29, 1.82) is 0 Å². The van der Waals surface area contributed by atoms with E-state index >= 15 is 0 Å². The highest BCUT2D eigenvalue weighted by Crippen LogP contribution is 2.16. The van der Waals surface area contributed by atoms with Crippen molar-refractivity contribution in [3.63, 3.8) is 0 Å². The van der Waals surface area contributed by atoms with E-state index in [9.17, 15) is 9.59 Å². The fourth-order valence-corrected chi connectivity index (χ4v) is 2.10. The summed E-state index contributed by atoms with van der Waals surface area (Å²) in [7, 11) is 0. The number of halogens is 2. The zero-order valence-corrected chi connectivity index (χ0v) is 13.2. The van der Waals surface area contributed by atoms with E-state index in [4.69, 9.17) is 9.15 Å². The molecule has 2 aromatic rings. The SMILES string of the molecule is O=C(COC(=O)c1ccc(Br)o1)Nc1cccc(Br)c1. The molecule has 0 radical (unpaired) electrons. The van der Waals surface area contributed by atoms with E-state index in [2.05, 4.69) is 37.2 Å². The maximum Gasteiger partial charge on any atom is 0.374 e. The Labute approximate surface area is 131 Å². The van der Waals surface area contributed by atoms with Gasteiger partial charge in [0.25, 0.3) is 5.91 Å². The van der Waals surface area contributed by atoms with Crippen molar-refractivity contribution in [2.75, 3.05) is 11.9 Å². The van der Waals surface area contributed by atoms with E-state index in [-0.39, 0.29) is 12.4 Å². The number of nitrogens with one attached hydrogen (secondary N) is 1. The Kier molecular flexibility index (Phi) is 4.97. The summed E-state index contributed by atoms with van der Waals surface area (Å²) in [6.07, 6.45) is 0. The molecule has 0 aliphatic heterocycles. The number of furan rings is 1. The van der Waals surface area contributed by atoms with Crippen molar-refractivity contribution in [1.82, 2.24) is 0 Å². The van der Waals surface area contributed by atoms with Crippen LogP contribution in [0.25, 0.3) is 0 Å². The van der Waals surface area contributed by atoms with Crippen LogP contribution in [0.3, 0.4) is 0 Å². The summed E-state index contributed by atoms with van der Waals surface area (Å²) in [5.41, 5.74) is 0.612. The van der Waals surface area contributed by atoms with Crippen LogP contribution in [0.5, 0.6) is 0 Å². The molecule has 0 atom stereocenters. The minimum absolute atomic E-state index is 0.0344. The Morgan fingerprint density at radius 3 is 2.65 bits per heavy atom. The van der Waals surface area contributed by atoms with Crippen molar-refractivity contribution >= 4 is 49.4 Å². The summed E-state index contributed by atoms with van der Waals surface area (Å²) in [6.45, 7) is -0.385. The molecule has 2 rings (SSSR count). The van der Waals surface area contributed by atoms with Gasteiger partial charge in [0.1, 0.15) is 0 Å². The zero-order valence-electron chi connectivity index (χ0n) is 10.1. The van der Waals surface area contributed by atoms with Crippen LogP contribution in [0.1, 0.15) is 10.6 Å². The van der Waals surface area contributed by atoms with Crippen LogP contribution in [0.4, 0.5) is 5.69 Å². The van der Waals surface area contributed by atoms with Crippen LogP contribution in [-0.2, 0) is 9.53 Å². The van der Waals surface area contributed by atoms with Gasteiger partial charge in [-0.1, -0.05) is 22.0 Å². The second kappa shape index (κ2) is 6.71. The van der Waals surface area contributed by atoms with Crippen LogP contribution in [-0.4, -0.2) is 18.5 Å². The van der Waals surface area contributed by atoms with Crippen molar-refractivity contribution in [2.24, 2.45) is 0 Å². The minimum Gasteiger partial charge on any atom is -0.450 e. The van der Waals surface area contributed by atoms with Crippen molar-refractivity contribution in [3.05, 3.63) is 51.3 Å². The molecule has 1 heterocycles. The third-order valence-corrected chi connectivity index (χ3v) is 3.14. The first-order chi connectivity index (χ1) is 9.54. The summed E-state index contributed by atoms with van der Waals surface area (Å²) in [5.74, 6) is -1.09. The molecule has 0 spiro atoms. The molecule has 1 amide bonds. The number of ether oxygens (including phenoxy) is 1. The van der Waals surface area contributed by atoms with Gasteiger partial charge in [0.05, 0.1) is 0 Å². The average Bonchev–Trinajstić information content (AvgIpc) is 2.83. The van der Waals surface area contributed by atoms with Gasteiger partial charge in [-0.15, -0.1) is 0 Å². The van der Waals surface area contributed by atoms with Gasteiger partial charge in [0.2, 0.25) is 5.76 Å². The minimum atomic E-state index is -0.694. The number of rotatable bonds is 4. The van der Waals surface area contributed by atoms with Crippen LogP contribution in [0.15, 0.2) is 50.0 Å². The molecule has 0 fully saturated rings. The van der Waals surface area contributed by atoms with E-state index < -0.39 is 11.9 Å². The van der Waals surface area contributed by atoms with Crippen molar-refractivity contribution in [2.45, 2.75) is 0 Å². The van der Waals surface area contributed by atoms with Gasteiger partial charge in [-0.3, -0.25) is 4.79 Å². The standard InChI is InChI=1S/C13H9Br2NO4/c14-8-2-1-3-9(6-8)16-12(17)7-19-13(18)10-4-5-11(15)20-10/h1-6H,7H2,(H,16,17). The first kappa shape index (κ1) is 14.8. The molecule has 0 aliphatic carbocycles. The molecule has 0 unspecified atom stereocenters. The Bertz CT molecular complexity index is 639. The zero-order chi connectivity index (χ0) is 14.5. The van der Waals surface area contributed by atoms with Crippen LogP contribution < -0.4 is 5.32 Å². The van der Waals surface area contributed by atoms with E-state index in [1.807, 2.05) is 6.07 Å². The Hall–Kier alpha value is -1.60. The number of carbonyl (C=O) groups is 2. The lowest BCUT2D eigenvalue weighted by atomic mass is 10.3. The summed E-state index contributed by atoms with van der Waals surface area (Å²) in [6, 6.07) is 10.1. The quantitative estimate of drug-likeness (QED) is 0.793. The third kappa shape index (κ3) is 4.21. The van der Waals surface area contributed by atoms with Gasteiger partial charge in [-0.25, -0.2) is 4.79 Å². The van der Waals surface area contributed by atoms with Gasteiger partial charge in [-0.2, -0.15) is 0 Å². The molecular weight excluding hydrogens is 394 g/mol. The maximum absolute atomic E-state index is 11.6. The highest BCUT2D eigenvalue weighted by molar-refractivity contribution is 9.10. The Balaban J connectivity index is 1.85. The largest absolute Gasteiger partial charge is 0.450 e. The summed E-state index contributed by atoms with van der Waals surface area (Å²) in [4.78, 5) is 23.2. The Morgan fingerprint density at radius 1 is 1.20 bits per heavy atom. The lowest BCUT2D eigenvalue weighted by Crippen LogP contribution is -2.20. The lowest BCUT2D eigenvalue weighted by molar-refractivity contribution is -0.119. The van der Waals surface area contributed by atoms with Crippen LogP contribution >= 0.6 is 31.9 Å². The van der Waals surface area contributed by atoms with Crippen molar-refractivity contribution < 1.29 is 18.7 Å². The summed E-state index contributed by atoms with van der Waals surface area (Å²) >= 11 is 6.37. The average molecular weight is 403 g/mol. The first-order valence-electron chi connectivity index (χ1n) is 5.52. The molecule has 20 heavy (non-hydrogen) atoms. The number of anilines is 1. The molecule has 0 saturated heterocycles. The molecule has 5 nitrogen and oxygen atoms in total. The maximum atomic E-state index is 11.6. The molecule has 0 aliphatic rings. The van der Waals surface area contributed by atoms with E-state index in [1.165, 1.54) is 6.07 Å². The van der Waals surface area contributed by atoms with Gasteiger partial charge < -0.3 is 14.5 Å². The summed E-state index contributed by atoms with van der Waals surface area (Å²) < 4.78 is 11.1. The Morgan fingerprint density at radius 2 is 2.00 bits per heavy atom. The van der Waals surface area contributed by atoms with Gasteiger partial charge in [0, 0.05) is 10.2 Å². The molecule has 1 aromatic carbocycles. The van der Waals surface area contributed by atoms with E-state index in [1.54, 1.807) is 24.3 Å². The van der Waals surface area contributed by atoms with Crippen LogP contribution in [0.2, 0.25) is 0 Å². The van der Waals surface area contributed by atoms with E-state index in [0.29, 0.717) is 10.4 Å². The van der Waals surface area contributed by atoms with Gasteiger partial charge >= 0.3 is 5.97 Å². The van der Waals surface area contributed by atoms with Gasteiger partial charge in [-0.05, 0) is 46.3 Å². The first-order valence-corrected chi connectivity index (χ1v) is 7.11. The smallest absolute Gasteiger partial charge is 0.374 e. The number of hydrogen-bond acceptors (Lipinski definition) is 4. The lowest BCUT2D eigenvalue weighted by Gasteiger charge is -2.05. The normalized spacial score (nSPS) is 10.1. The monoisotopic (exact) mass is 401 g/mol. The number of amides is 1. The highest BCUT2D eigenvalue weighted by atomic mass is 79.9. The molecule has 1 aromatic heterocycles. The number of hydrogen-bond donors (Lipinski definition) is 1. The molecular formula is C13H9Br2NO4. The topological polar surface area (TPSA) is 68.5 Å². The van der Waals surface area contributed by atoms with Crippen molar-refractivity contribution in [3.8, 4) is 0 Å². The second-order valence-electron chi connectivity index (χ2n) is 3.74. The highest BCUT2D eigenvalue weighted by Gasteiger charge is 2.14. The second-order valence-corrected chi connectivity index (χ2v) is 5.44. The predicted molar refractivity (Wildman–Crippen MR) is 79.5 cm³/mol. The number of carbonyl (C=O) groups excluding carboxylic acids is 2. The number of benzene rings is 1. The fraction of sp³-hybridized carbons (Fsp3) is 0.0769. The van der Waals surface area contributed by atoms with Crippen LogP contribution in [0, 0.1) is 0 Å². The molecule has 0 saturated carbocycles. The predicted octanol–water partition coefficient (Wildman–Crippen LogP) is 3.60. The molecule has 104 valence electrons. The number of esters is 1. The summed E-state index contributed by atoms with van der Waals surface area (Å²) in [5, 5.41) is 2.61. The molecule has 0 bridgehead atoms. The van der Waals surface area contributed by atoms with E-state index in [0.717, 1.165) is 4.47 Å². The van der Waals surface area contributed by atoms with Gasteiger partial charge in [0.15, 0.2) is 11.3 Å². The fourth-order valence-electron chi connectivity index (χ4n) is 1.39. The third-order valence-electron chi connectivity index (χ3n) is 2.22.